The lowest BCUT2D eigenvalue weighted by atomic mass is 9.82. The molecule has 0 unspecified atom stereocenters. The second-order valence-electron chi connectivity index (χ2n) is 7.62. The van der Waals surface area contributed by atoms with Crippen molar-refractivity contribution in [3.05, 3.63) is 46.0 Å². The third kappa shape index (κ3) is 4.87. The maximum atomic E-state index is 12.3. The number of hydrogen-bond donors (Lipinski definition) is 1. The summed E-state index contributed by atoms with van der Waals surface area (Å²) >= 11 is 1.60. The van der Waals surface area contributed by atoms with Crippen LogP contribution in [0.15, 0.2) is 28.9 Å². The van der Waals surface area contributed by atoms with Crippen LogP contribution in [0.3, 0.4) is 0 Å². The second kappa shape index (κ2) is 8.82. The van der Waals surface area contributed by atoms with Crippen LogP contribution >= 0.6 is 11.3 Å². The molecular formula is C21H25N5O2S. The molecule has 152 valence electrons. The molecule has 0 aromatic carbocycles. The van der Waals surface area contributed by atoms with Crippen molar-refractivity contribution in [1.29, 1.82) is 0 Å². The molecule has 1 saturated carbocycles. The molecule has 4 rings (SSSR count). The van der Waals surface area contributed by atoms with Crippen molar-refractivity contribution >= 4 is 17.2 Å². The van der Waals surface area contributed by atoms with Crippen LogP contribution in [0.4, 0.5) is 0 Å². The van der Waals surface area contributed by atoms with Crippen molar-refractivity contribution in [2.45, 2.75) is 51.9 Å². The minimum Gasteiger partial charge on any atom is -0.420 e. The van der Waals surface area contributed by atoms with E-state index in [1.54, 1.807) is 23.7 Å². The highest BCUT2D eigenvalue weighted by atomic mass is 32.1. The van der Waals surface area contributed by atoms with Gasteiger partial charge in [-0.2, -0.15) is 0 Å². The highest BCUT2D eigenvalue weighted by molar-refractivity contribution is 7.11. The van der Waals surface area contributed by atoms with Crippen molar-refractivity contribution in [3.63, 3.8) is 0 Å². The average molecular weight is 412 g/mol. The van der Waals surface area contributed by atoms with Gasteiger partial charge < -0.3 is 9.73 Å². The average Bonchev–Trinajstić information content (AvgIpc) is 3.34. The van der Waals surface area contributed by atoms with Crippen LogP contribution in [0, 0.1) is 19.8 Å². The molecule has 0 bridgehead atoms. The van der Waals surface area contributed by atoms with Crippen LogP contribution in [0.5, 0.6) is 0 Å². The van der Waals surface area contributed by atoms with Crippen molar-refractivity contribution in [1.82, 2.24) is 25.5 Å². The number of rotatable bonds is 6. The van der Waals surface area contributed by atoms with Crippen molar-refractivity contribution in [2.75, 3.05) is 6.54 Å². The molecule has 1 fully saturated rings. The van der Waals surface area contributed by atoms with Crippen molar-refractivity contribution in [2.24, 2.45) is 5.92 Å². The largest absolute Gasteiger partial charge is 0.420 e. The number of nitrogens with zero attached hydrogens (tertiary/aromatic N) is 4. The Kier molecular flexibility index (Phi) is 5.99. The highest BCUT2D eigenvalue weighted by Crippen LogP contribution is 2.35. The van der Waals surface area contributed by atoms with Crippen LogP contribution in [0.1, 0.15) is 53.1 Å². The Morgan fingerprint density at radius 3 is 2.62 bits per heavy atom. The van der Waals surface area contributed by atoms with Crippen molar-refractivity contribution < 1.29 is 9.21 Å². The Morgan fingerprint density at radius 1 is 1.17 bits per heavy atom. The van der Waals surface area contributed by atoms with E-state index in [0.717, 1.165) is 59.3 Å². The Hall–Kier alpha value is -2.61. The van der Waals surface area contributed by atoms with Gasteiger partial charge in [0.25, 0.3) is 0 Å². The van der Waals surface area contributed by atoms with Crippen LogP contribution < -0.4 is 5.32 Å². The first kappa shape index (κ1) is 19.7. The molecule has 0 atom stereocenters. The van der Waals surface area contributed by atoms with Crippen LogP contribution in [0.2, 0.25) is 0 Å². The van der Waals surface area contributed by atoms with E-state index in [1.165, 1.54) is 0 Å². The Morgan fingerprint density at radius 2 is 1.93 bits per heavy atom. The van der Waals surface area contributed by atoms with Gasteiger partial charge in [-0.15, -0.1) is 21.5 Å². The van der Waals surface area contributed by atoms with Gasteiger partial charge in [0.2, 0.25) is 17.7 Å². The van der Waals surface area contributed by atoms with Gasteiger partial charge in [0.05, 0.1) is 17.1 Å². The number of pyridine rings is 1. The molecule has 3 aromatic heterocycles. The Balaban J connectivity index is 1.24. The fourth-order valence-electron chi connectivity index (χ4n) is 3.83. The predicted octanol–water partition coefficient (Wildman–Crippen LogP) is 3.84. The maximum Gasteiger partial charge on any atom is 0.247 e. The Bertz CT molecular complexity index is 961. The fourth-order valence-corrected chi connectivity index (χ4v) is 4.76. The van der Waals surface area contributed by atoms with Crippen molar-refractivity contribution in [3.8, 4) is 11.5 Å². The summed E-state index contributed by atoms with van der Waals surface area (Å²) in [7, 11) is 0. The first-order valence-corrected chi connectivity index (χ1v) is 10.8. The summed E-state index contributed by atoms with van der Waals surface area (Å²) in [4.78, 5) is 21.7. The lowest BCUT2D eigenvalue weighted by Gasteiger charge is -2.26. The topological polar surface area (TPSA) is 93.8 Å². The van der Waals surface area contributed by atoms with E-state index in [9.17, 15) is 4.79 Å². The van der Waals surface area contributed by atoms with E-state index >= 15 is 0 Å². The molecule has 29 heavy (non-hydrogen) atoms. The summed E-state index contributed by atoms with van der Waals surface area (Å²) in [6, 6.07) is 3.73. The zero-order valence-corrected chi connectivity index (χ0v) is 17.5. The van der Waals surface area contributed by atoms with Gasteiger partial charge in [-0.3, -0.25) is 9.78 Å². The number of nitrogens with one attached hydrogen (secondary N) is 1. The van der Waals surface area contributed by atoms with Gasteiger partial charge in [-0.25, -0.2) is 4.98 Å². The van der Waals surface area contributed by atoms with Gasteiger partial charge in [-0.1, -0.05) is 0 Å². The van der Waals surface area contributed by atoms with Crippen LogP contribution in [-0.4, -0.2) is 32.6 Å². The van der Waals surface area contributed by atoms with E-state index < -0.39 is 0 Å². The molecule has 0 saturated heterocycles. The van der Waals surface area contributed by atoms with Gasteiger partial charge in [0, 0.05) is 35.3 Å². The zero-order chi connectivity index (χ0) is 20.2. The number of thiazole rings is 1. The molecule has 0 spiro atoms. The molecule has 1 aliphatic carbocycles. The number of aryl methyl sites for hydroxylation is 2. The Labute approximate surface area is 174 Å². The second-order valence-corrected chi connectivity index (χ2v) is 8.91. The smallest absolute Gasteiger partial charge is 0.247 e. The lowest BCUT2D eigenvalue weighted by molar-refractivity contribution is -0.120. The van der Waals surface area contributed by atoms with E-state index in [0.29, 0.717) is 24.1 Å². The third-order valence-corrected chi connectivity index (χ3v) is 6.55. The summed E-state index contributed by atoms with van der Waals surface area (Å²) in [6.45, 7) is 4.67. The summed E-state index contributed by atoms with van der Waals surface area (Å²) in [5, 5.41) is 12.6. The fraction of sp³-hybridized carbons (Fsp3) is 0.476. The molecule has 7 nitrogen and oxygen atoms in total. The molecule has 1 N–H and O–H groups in total. The van der Waals surface area contributed by atoms with E-state index in [-0.39, 0.29) is 5.91 Å². The molecule has 0 radical (unpaired) electrons. The minimum absolute atomic E-state index is 0.0813. The van der Waals surface area contributed by atoms with E-state index in [4.69, 9.17) is 4.42 Å². The summed E-state index contributed by atoms with van der Waals surface area (Å²) in [6.07, 6.45) is 7.98. The van der Waals surface area contributed by atoms with Crippen LogP contribution in [-0.2, 0) is 11.2 Å². The molecule has 1 amide bonds. The van der Waals surface area contributed by atoms with E-state index in [2.05, 4.69) is 25.5 Å². The molecule has 0 aliphatic heterocycles. The van der Waals surface area contributed by atoms with Gasteiger partial charge in [0.1, 0.15) is 0 Å². The summed E-state index contributed by atoms with van der Waals surface area (Å²) < 4.78 is 5.90. The summed E-state index contributed by atoms with van der Waals surface area (Å²) in [5.74, 6) is 2.15. The molecule has 8 heteroatoms. The number of carbonyl (C=O) groups is 1. The van der Waals surface area contributed by atoms with E-state index in [1.807, 2.05) is 26.0 Å². The number of aromatic nitrogens is 4. The van der Waals surface area contributed by atoms with Gasteiger partial charge in [0.15, 0.2) is 0 Å². The molecule has 3 heterocycles. The van der Waals surface area contributed by atoms with Gasteiger partial charge in [-0.05, 0) is 57.6 Å². The number of hydrogen-bond acceptors (Lipinski definition) is 7. The minimum atomic E-state index is 0.0813. The number of carbonyl (C=O) groups excluding carboxylic acids is 1. The zero-order valence-electron chi connectivity index (χ0n) is 16.7. The normalized spacial score (nSPS) is 19.2. The molecule has 3 aromatic rings. The third-order valence-electron chi connectivity index (χ3n) is 5.47. The quantitative estimate of drug-likeness (QED) is 0.662. The van der Waals surface area contributed by atoms with Gasteiger partial charge >= 0.3 is 0 Å². The highest BCUT2D eigenvalue weighted by Gasteiger charge is 2.26. The molecule has 1 aliphatic rings. The number of amides is 1. The standard InChI is InChI=1S/C21H25N5O2S/c1-13-18(29-14(2)24-13)11-19(27)23-12-15-3-5-16(6-4-15)20-25-26-21(28-20)17-7-9-22-10-8-17/h7-10,15-16H,3-6,11-12H2,1-2H3,(H,23,27). The monoisotopic (exact) mass is 411 g/mol. The maximum absolute atomic E-state index is 12.3. The first-order valence-electron chi connectivity index (χ1n) is 10.0. The van der Waals surface area contributed by atoms with Crippen LogP contribution in [0.25, 0.3) is 11.5 Å². The SMILES string of the molecule is Cc1nc(C)c(CC(=O)NCC2CCC(c3nnc(-c4ccncc4)o3)CC2)s1. The predicted molar refractivity (Wildman–Crippen MR) is 111 cm³/mol. The lowest BCUT2D eigenvalue weighted by Crippen LogP contribution is -2.32. The summed E-state index contributed by atoms with van der Waals surface area (Å²) in [5.41, 5.74) is 1.86. The first-order chi connectivity index (χ1) is 14.1. The molecular weight excluding hydrogens is 386 g/mol.